The molecule has 1 atom stereocenters. The summed E-state index contributed by atoms with van der Waals surface area (Å²) in [6.45, 7) is 1.34. The van der Waals surface area contributed by atoms with E-state index in [-0.39, 0.29) is 0 Å². The highest BCUT2D eigenvalue weighted by atomic mass is 32.2. The number of hydrogen-bond donors (Lipinski definition) is 0. The van der Waals surface area contributed by atoms with Gasteiger partial charge in [0.15, 0.2) is 0 Å². The molecular formula is C15H23NO3S. The van der Waals surface area contributed by atoms with E-state index in [2.05, 4.69) is 12.1 Å². The summed E-state index contributed by atoms with van der Waals surface area (Å²) in [5, 5.41) is 0. The van der Waals surface area contributed by atoms with Gasteiger partial charge >= 0.3 is 0 Å². The van der Waals surface area contributed by atoms with E-state index in [0.717, 1.165) is 31.4 Å². The average Bonchev–Trinajstić information content (AvgIpc) is 2.45. The van der Waals surface area contributed by atoms with Crippen LogP contribution in [0.5, 0.6) is 5.75 Å². The van der Waals surface area contributed by atoms with Crippen LogP contribution in [0.15, 0.2) is 24.3 Å². The van der Waals surface area contributed by atoms with Gasteiger partial charge in [-0.1, -0.05) is 12.1 Å². The second kappa shape index (κ2) is 6.59. The van der Waals surface area contributed by atoms with Crippen LogP contribution in [-0.4, -0.2) is 39.2 Å². The molecule has 0 radical (unpaired) electrons. The molecule has 0 spiro atoms. The van der Waals surface area contributed by atoms with Gasteiger partial charge in [0.1, 0.15) is 5.75 Å². The van der Waals surface area contributed by atoms with E-state index in [1.807, 2.05) is 12.1 Å². The maximum absolute atomic E-state index is 11.6. The van der Waals surface area contributed by atoms with Crippen LogP contribution in [0.3, 0.4) is 0 Å². The fourth-order valence-corrected chi connectivity index (χ4v) is 3.70. The molecular weight excluding hydrogens is 274 g/mol. The van der Waals surface area contributed by atoms with Gasteiger partial charge in [0.2, 0.25) is 10.0 Å². The molecule has 112 valence electrons. The molecule has 0 amide bonds. The van der Waals surface area contributed by atoms with Crippen LogP contribution >= 0.6 is 0 Å². The lowest BCUT2D eigenvalue weighted by molar-refractivity contribution is 0.257. The van der Waals surface area contributed by atoms with Crippen molar-refractivity contribution in [3.05, 3.63) is 29.8 Å². The zero-order chi connectivity index (χ0) is 14.6. The largest absolute Gasteiger partial charge is 0.497 e. The van der Waals surface area contributed by atoms with Gasteiger partial charge in [-0.2, -0.15) is 0 Å². The van der Waals surface area contributed by atoms with Gasteiger partial charge in [-0.25, -0.2) is 12.7 Å². The molecule has 1 aromatic rings. The zero-order valence-corrected chi connectivity index (χ0v) is 13.0. The molecule has 0 bridgehead atoms. The average molecular weight is 297 g/mol. The van der Waals surface area contributed by atoms with Gasteiger partial charge in [-0.3, -0.25) is 0 Å². The van der Waals surface area contributed by atoms with Crippen LogP contribution in [0.4, 0.5) is 0 Å². The number of methoxy groups -OCH3 is 1. The molecule has 1 aliphatic rings. The Kier molecular flexibility index (Phi) is 5.05. The topological polar surface area (TPSA) is 46.6 Å². The molecule has 0 unspecified atom stereocenters. The minimum absolute atomic E-state index is 0.463. The summed E-state index contributed by atoms with van der Waals surface area (Å²) in [5.41, 5.74) is 1.25. The monoisotopic (exact) mass is 297 g/mol. The highest BCUT2D eigenvalue weighted by molar-refractivity contribution is 7.88. The van der Waals surface area contributed by atoms with E-state index in [9.17, 15) is 8.42 Å². The first-order valence-corrected chi connectivity index (χ1v) is 8.92. The molecule has 20 heavy (non-hydrogen) atoms. The van der Waals surface area contributed by atoms with Crippen molar-refractivity contribution < 1.29 is 13.2 Å². The molecule has 1 heterocycles. The number of hydrogen-bond acceptors (Lipinski definition) is 3. The van der Waals surface area contributed by atoms with Gasteiger partial charge in [-0.15, -0.1) is 0 Å². The SMILES string of the molecule is COc1cccc(CC[C@@H]2CCCN(S(C)(=O)=O)C2)c1. The summed E-state index contributed by atoms with van der Waals surface area (Å²) >= 11 is 0. The number of aryl methyl sites for hydroxylation is 1. The van der Waals surface area contributed by atoms with Crippen molar-refractivity contribution in [2.45, 2.75) is 25.7 Å². The summed E-state index contributed by atoms with van der Waals surface area (Å²) in [6, 6.07) is 8.09. The first-order chi connectivity index (χ1) is 9.49. The highest BCUT2D eigenvalue weighted by Gasteiger charge is 2.25. The van der Waals surface area contributed by atoms with Crippen LogP contribution in [0.1, 0.15) is 24.8 Å². The molecule has 4 nitrogen and oxygen atoms in total. The molecule has 0 saturated carbocycles. The number of rotatable bonds is 5. The summed E-state index contributed by atoms with van der Waals surface area (Å²) in [7, 11) is -1.37. The van der Waals surface area contributed by atoms with Crippen molar-refractivity contribution in [2.75, 3.05) is 26.5 Å². The van der Waals surface area contributed by atoms with Crippen molar-refractivity contribution in [1.82, 2.24) is 4.31 Å². The van der Waals surface area contributed by atoms with E-state index in [0.29, 0.717) is 19.0 Å². The number of benzene rings is 1. The van der Waals surface area contributed by atoms with E-state index >= 15 is 0 Å². The van der Waals surface area contributed by atoms with Crippen molar-refractivity contribution in [3.63, 3.8) is 0 Å². The number of ether oxygens (including phenoxy) is 1. The van der Waals surface area contributed by atoms with Crippen molar-refractivity contribution >= 4 is 10.0 Å². The molecule has 5 heteroatoms. The molecule has 1 aromatic carbocycles. The maximum Gasteiger partial charge on any atom is 0.211 e. The third-order valence-corrected chi connectivity index (χ3v) is 5.20. The Morgan fingerprint density at radius 3 is 2.90 bits per heavy atom. The lowest BCUT2D eigenvalue weighted by Gasteiger charge is -2.31. The van der Waals surface area contributed by atoms with Crippen molar-refractivity contribution in [3.8, 4) is 5.75 Å². The Labute approximate surface area is 121 Å². The lowest BCUT2D eigenvalue weighted by Crippen LogP contribution is -2.39. The normalized spacial score (nSPS) is 20.8. The first-order valence-electron chi connectivity index (χ1n) is 7.07. The quantitative estimate of drug-likeness (QED) is 0.838. The molecule has 1 aliphatic heterocycles. The Morgan fingerprint density at radius 2 is 2.20 bits per heavy atom. The van der Waals surface area contributed by atoms with E-state index < -0.39 is 10.0 Å². The van der Waals surface area contributed by atoms with Crippen molar-refractivity contribution in [2.24, 2.45) is 5.92 Å². The second-order valence-electron chi connectivity index (χ2n) is 5.52. The van der Waals surface area contributed by atoms with Gasteiger partial charge in [-0.05, 0) is 49.3 Å². The Morgan fingerprint density at radius 1 is 1.40 bits per heavy atom. The van der Waals surface area contributed by atoms with Crippen LogP contribution in [-0.2, 0) is 16.4 Å². The minimum atomic E-state index is -3.04. The summed E-state index contributed by atoms with van der Waals surface area (Å²) in [4.78, 5) is 0. The van der Waals surface area contributed by atoms with Crippen LogP contribution in [0.2, 0.25) is 0 Å². The van der Waals surface area contributed by atoms with Gasteiger partial charge in [0.25, 0.3) is 0 Å². The molecule has 1 fully saturated rings. The second-order valence-corrected chi connectivity index (χ2v) is 7.50. The Hall–Kier alpha value is -1.07. The molecule has 0 N–H and O–H groups in total. The third-order valence-electron chi connectivity index (χ3n) is 3.93. The molecule has 0 aliphatic carbocycles. The molecule has 0 aromatic heterocycles. The lowest BCUT2D eigenvalue weighted by atomic mass is 9.93. The van der Waals surface area contributed by atoms with Crippen LogP contribution in [0.25, 0.3) is 0 Å². The number of sulfonamides is 1. The highest BCUT2D eigenvalue weighted by Crippen LogP contribution is 2.24. The predicted octanol–water partition coefficient (Wildman–Crippen LogP) is 2.30. The van der Waals surface area contributed by atoms with E-state index in [1.165, 1.54) is 11.8 Å². The minimum Gasteiger partial charge on any atom is -0.497 e. The third kappa shape index (κ3) is 4.21. The smallest absolute Gasteiger partial charge is 0.211 e. The Bertz CT molecular complexity index is 542. The molecule has 2 rings (SSSR count). The summed E-state index contributed by atoms with van der Waals surface area (Å²) in [6.07, 6.45) is 5.39. The van der Waals surface area contributed by atoms with Gasteiger partial charge in [0.05, 0.1) is 13.4 Å². The van der Waals surface area contributed by atoms with Crippen LogP contribution in [0, 0.1) is 5.92 Å². The number of piperidine rings is 1. The van der Waals surface area contributed by atoms with Crippen LogP contribution < -0.4 is 4.74 Å². The first kappa shape index (κ1) is 15.3. The zero-order valence-electron chi connectivity index (χ0n) is 12.2. The maximum atomic E-state index is 11.6. The molecule has 1 saturated heterocycles. The van der Waals surface area contributed by atoms with Gasteiger partial charge in [0, 0.05) is 13.1 Å². The van der Waals surface area contributed by atoms with Gasteiger partial charge < -0.3 is 4.74 Å². The summed E-state index contributed by atoms with van der Waals surface area (Å²) in [5.74, 6) is 1.34. The fourth-order valence-electron chi connectivity index (χ4n) is 2.76. The summed E-state index contributed by atoms with van der Waals surface area (Å²) < 4.78 is 30.0. The van der Waals surface area contributed by atoms with Crippen molar-refractivity contribution in [1.29, 1.82) is 0 Å². The Balaban J connectivity index is 1.90. The predicted molar refractivity (Wildman–Crippen MR) is 80.5 cm³/mol. The van der Waals surface area contributed by atoms with E-state index in [4.69, 9.17) is 4.74 Å². The van der Waals surface area contributed by atoms with E-state index in [1.54, 1.807) is 11.4 Å². The standard InChI is InChI=1S/C15H23NO3S/c1-19-15-7-3-5-13(11-15)8-9-14-6-4-10-16(12-14)20(2,17)18/h3,5,7,11,14H,4,6,8-10,12H2,1-2H3/t14-/m0/s1. The fraction of sp³-hybridized carbons (Fsp3) is 0.600. The number of nitrogens with zero attached hydrogens (tertiary/aromatic N) is 1.